The number of imidazole rings is 1. The van der Waals surface area contributed by atoms with Crippen molar-refractivity contribution in [1.82, 2.24) is 20.6 Å². The van der Waals surface area contributed by atoms with Gasteiger partial charge < -0.3 is 15.6 Å². The smallest absolute Gasteiger partial charge is 0.251 e. The molecular formula is C15H20N4O2. The minimum Gasteiger partial charge on any atom is -0.354 e. The number of hydrogen-bond acceptors (Lipinski definition) is 3. The Morgan fingerprint density at radius 3 is 2.62 bits per heavy atom. The highest BCUT2D eigenvalue weighted by Crippen LogP contribution is 2.12. The molecule has 0 unspecified atom stereocenters. The van der Waals surface area contributed by atoms with Crippen molar-refractivity contribution in [2.75, 3.05) is 13.1 Å². The van der Waals surface area contributed by atoms with Gasteiger partial charge in [0.25, 0.3) is 5.91 Å². The summed E-state index contributed by atoms with van der Waals surface area (Å²) in [6, 6.07) is 5.28. The van der Waals surface area contributed by atoms with Crippen LogP contribution in [0.25, 0.3) is 11.0 Å². The average Bonchev–Trinajstić information content (AvgIpc) is 2.89. The van der Waals surface area contributed by atoms with Crippen molar-refractivity contribution in [2.45, 2.75) is 20.8 Å². The number of carbonyl (C=O) groups is 2. The predicted octanol–water partition coefficient (Wildman–Crippen LogP) is 1.45. The van der Waals surface area contributed by atoms with Crippen LogP contribution in [-0.2, 0) is 4.79 Å². The molecule has 0 aliphatic rings. The van der Waals surface area contributed by atoms with Gasteiger partial charge >= 0.3 is 0 Å². The van der Waals surface area contributed by atoms with E-state index in [0.717, 1.165) is 11.0 Å². The summed E-state index contributed by atoms with van der Waals surface area (Å²) in [5.41, 5.74) is 1.79. The largest absolute Gasteiger partial charge is 0.354 e. The Bertz CT molecular complexity index is 655. The molecule has 0 bridgehead atoms. The van der Waals surface area contributed by atoms with E-state index in [0.29, 0.717) is 18.7 Å². The van der Waals surface area contributed by atoms with Crippen LogP contribution < -0.4 is 10.6 Å². The van der Waals surface area contributed by atoms with Crippen LogP contribution in [0.4, 0.5) is 0 Å². The zero-order chi connectivity index (χ0) is 15.5. The van der Waals surface area contributed by atoms with E-state index in [1.54, 1.807) is 24.5 Å². The Morgan fingerprint density at radius 1 is 1.19 bits per heavy atom. The second kappa shape index (κ2) is 5.95. The van der Waals surface area contributed by atoms with Crippen LogP contribution in [0, 0.1) is 5.41 Å². The number of aromatic nitrogens is 2. The first-order valence-electron chi connectivity index (χ1n) is 6.87. The maximum atomic E-state index is 12.0. The predicted molar refractivity (Wildman–Crippen MR) is 80.9 cm³/mol. The molecule has 0 radical (unpaired) electrons. The fraction of sp³-hybridized carbons (Fsp3) is 0.400. The number of benzene rings is 1. The van der Waals surface area contributed by atoms with Gasteiger partial charge in [-0.3, -0.25) is 9.59 Å². The highest BCUT2D eigenvalue weighted by atomic mass is 16.2. The van der Waals surface area contributed by atoms with Gasteiger partial charge in [-0.1, -0.05) is 20.8 Å². The van der Waals surface area contributed by atoms with E-state index >= 15 is 0 Å². The van der Waals surface area contributed by atoms with Gasteiger partial charge in [-0.2, -0.15) is 0 Å². The van der Waals surface area contributed by atoms with Crippen molar-refractivity contribution in [2.24, 2.45) is 5.41 Å². The van der Waals surface area contributed by atoms with E-state index in [9.17, 15) is 9.59 Å². The molecule has 3 N–H and O–H groups in total. The molecule has 2 amide bonds. The Labute approximate surface area is 123 Å². The van der Waals surface area contributed by atoms with Crippen molar-refractivity contribution in [3.05, 3.63) is 30.1 Å². The minimum absolute atomic E-state index is 0.0318. The van der Waals surface area contributed by atoms with Crippen LogP contribution >= 0.6 is 0 Å². The zero-order valence-corrected chi connectivity index (χ0v) is 12.5. The summed E-state index contributed by atoms with van der Waals surface area (Å²) in [4.78, 5) is 30.7. The van der Waals surface area contributed by atoms with Crippen molar-refractivity contribution in [1.29, 1.82) is 0 Å². The van der Waals surface area contributed by atoms with Crippen LogP contribution in [0.2, 0.25) is 0 Å². The number of nitrogens with zero attached hydrogens (tertiary/aromatic N) is 1. The lowest BCUT2D eigenvalue weighted by molar-refractivity contribution is -0.128. The minimum atomic E-state index is -0.421. The monoisotopic (exact) mass is 288 g/mol. The quantitative estimate of drug-likeness (QED) is 0.744. The van der Waals surface area contributed by atoms with Gasteiger partial charge in [-0.05, 0) is 18.2 Å². The van der Waals surface area contributed by atoms with Gasteiger partial charge in [0.2, 0.25) is 5.91 Å². The van der Waals surface area contributed by atoms with Gasteiger partial charge in [0.1, 0.15) is 0 Å². The van der Waals surface area contributed by atoms with Gasteiger partial charge in [-0.25, -0.2) is 4.98 Å². The molecule has 6 heteroatoms. The molecule has 0 saturated carbocycles. The van der Waals surface area contributed by atoms with Crippen LogP contribution in [0.15, 0.2) is 24.5 Å². The molecule has 112 valence electrons. The van der Waals surface area contributed by atoms with Gasteiger partial charge in [0.15, 0.2) is 0 Å². The van der Waals surface area contributed by atoms with Crippen molar-refractivity contribution >= 4 is 22.8 Å². The number of rotatable bonds is 4. The fourth-order valence-electron chi connectivity index (χ4n) is 1.80. The maximum absolute atomic E-state index is 12.0. The standard InChI is InChI=1S/C15H20N4O2/c1-15(2,3)14(21)17-7-6-16-13(20)10-4-5-11-12(8-10)19-9-18-11/h4-5,8-9H,6-7H2,1-3H3,(H,16,20)(H,17,21)(H,18,19). The summed E-state index contributed by atoms with van der Waals surface area (Å²) in [6.45, 7) is 6.34. The van der Waals surface area contributed by atoms with Crippen molar-refractivity contribution in [3.63, 3.8) is 0 Å². The van der Waals surface area contributed by atoms with E-state index in [1.165, 1.54) is 0 Å². The normalized spacial score (nSPS) is 11.4. The fourth-order valence-corrected chi connectivity index (χ4v) is 1.80. The van der Waals surface area contributed by atoms with E-state index in [-0.39, 0.29) is 11.8 Å². The van der Waals surface area contributed by atoms with Crippen molar-refractivity contribution < 1.29 is 9.59 Å². The average molecular weight is 288 g/mol. The molecule has 0 spiro atoms. The van der Waals surface area contributed by atoms with Gasteiger partial charge in [0, 0.05) is 24.1 Å². The summed E-state index contributed by atoms with van der Waals surface area (Å²) in [5, 5.41) is 5.56. The molecule has 6 nitrogen and oxygen atoms in total. The summed E-state index contributed by atoms with van der Waals surface area (Å²) in [5.74, 6) is -0.202. The number of H-pyrrole nitrogens is 1. The number of fused-ring (bicyclic) bond motifs is 1. The first kappa shape index (κ1) is 15.0. The lowest BCUT2D eigenvalue weighted by atomic mass is 9.96. The highest BCUT2D eigenvalue weighted by Gasteiger charge is 2.20. The highest BCUT2D eigenvalue weighted by molar-refractivity contribution is 5.97. The summed E-state index contributed by atoms with van der Waals surface area (Å²) >= 11 is 0. The number of amides is 2. The lowest BCUT2D eigenvalue weighted by Crippen LogP contribution is -2.39. The summed E-state index contributed by atoms with van der Waals surface area (Å²) in [7, 11) is 0. The Morgan fingerprint density at radius 2 is 1.90 bits per heavy atom. The van der Waals surface area contributed by atoms with Gasteiger partial charge in [-0.15, -0.1) is 0 Å². The topological polar surface area (TPSA) is 86.9 Å². The van der Waals surface area contributed by atoms with E-state index < -0.39 is 5.41 Å². The molecule has 0 fully saturated rings. The van der Waals surface area contributed by atoms with Crippen LogP contribution in [0.3, 0.4) is 0 Å². The molecule has 0 aliphatic heterocycles. The molecule has 21 heavy (non-hydrogen) atoms. The summed E-state index contributed by atoms with van der Waals surface area (Å²) in [6.07, 6.45) is 1.59. The van der Waals surface area contributed by atoms with Gasteiger partial charge in [0.05, 0.1) is 17.4 Å². The second-order valence-corrected chi connectivity index (χ2v) is 5.90. The Kier molecular flexibility index (Phi) is 4.26. The molecule has 0 aliphatic carbocycles. The van der Waals surface area contributed by atoms with Crippen LogP contribution in [0.5, 0.6) is 0 Å². The molecule has 0 atom stereocenters. The first-order chi connectivity index (χ1) is 9.88. The molecular weight excluding hydrogens is 268 g/mol. The third-order valence-corrected chi connectivity index (χ3v) is 3.06. The molecule has 2 aromatic rings. The summed E-state index contributed by atoms with van der Waals surface area (Å²) < 4.78 is 0. The van der Waals surface area contributed by atoms with E-state index in [1.807, 2.05) is 20.8 Å². The molecule has 2 rings (SSSR count). The van der Waals surface area contributed by atoms with E-state index in [2.05, 4.69) is 20.6 Å². The number of nitrogens with one attached hydrogen (secondary N) is 3. The SMILES string of the molecule is CC(C)(C)C(=O)NCCNC(=O)c1ccc2nc[nH]c2c1. The van der Waals surface area contributed by atoms with Crippen LogP contribution in [0.1, 0.15) is 31.1 Å². The Hall–Kier alpha value is -2.37. The number of aromatic amines is 1. The number of hydrogen-bond donors (Lipinski definition) is 3. The maximum Gasteiger partial charge on any atom is 0.251 e. The Balaban J connectivity index is 1.83. The van der Waals surface area contributed by atoms with Crippen molar-refractivity contribution in [3.8, 4) is 0 Å². The lowest BCUT2D eigenvalue weighted by Gasteiger charge is -2.17. The van der Waals surface area contributed by atoms with Crippen LogP contribution in [-0.4, -0.2) is 34.9 Å². The molecule has 1 aromatic heterocycles. The van der Waals surface area contributed by atoms with E-state index in [4.69, 9.17) is 0 Å². The third-order valence-electron chi connectivity index (χ3n) is 3.06. The zero-order valence-electron chi connectivity index (χ0n) is 12.5. The first-order valence-corrected chi connectivity index (χ1v) is 6.87. The molecule has 0 saturated heterocycles. The molecule has 1 heterocycles. The molecule has 1 aromatic carbocycles. The third kappa shape index (κ3) is 3.81. The second-order valence-electron chi connectivity index (χ2n) is 5.90. The number of carbonyl (C=O) groups excluding carboxylic acids is 2.